The number of rotatable bonds is 1. The van der Waals surface area contributed by atoms with E-state index in [0.29, 0.717) is 24.4 Å². The van der Waals surface area contributed by atoms with Crippen molar-refractivity contribution in [1.29, 1.82) is 0 Å². The number of fused-ring (bicyclic) bond motifs is 1. The highest BCUT2D eigenvalue weighted by Gasteiger charge is 2.23. The molecule has 1 aromatic rings. The Labute approximate surface area is 93.8 Å². The maximum atomic E-state index is 11.5. The number of anilines is 1. The molecule has 2 rings (SSSR count). The number of hydrogen-bond donors (Lipinski definition) is 1. The Morgan fingerprint density at radius 1 is 1.25 bits per heavy atom. The first-order valence-electron chi connectivity index (χ1n) is 4.91. The van der Waals surface area contributed by atoms with Crippen LogP contribution in [0, 0.1) is 0 Å². The Bertz CT molecular complexity index is 513. The summed E-state index contributed by atoms with van der Waals surface area (Å²) in [4.78, 5) is 8.01. The van der Waals surface area contributed by atoms with Crippen LogP contribution in [0.5, 0.6) is 5.88 Å². The number of aromatic nitrogens is 2. The van der Waals surface area contributed by atoms with Crippen LogP contribution in [0.2, 0.25) is 0 Å². The Kier molecular flexibility index (Phi) is 2.71. The molecular formula is C9H13N3O3S. The lowest BCUT2D eigenvalue weighted by Crippen LogP contribution is -2.10. The monoisotopic (exact) mass is 243 g/mol. The van der Waals surface area contributed by atoms with E-state index in [1.807, 2.05) is 0 Å². The van der Waals surface area contributed by atoms with E-state index in [4.69, 9.17) is 10.5 Å². The molecule has 0 aromatic carbocycles. The van der Waals surface area contributed by atoms with Gasteiger partial charge in [-0.25, -0.2) is 13.4 Å². The van der Waals surface area contributed by atoms with Crippen molar-refractivity contribution < 1.29 is 13.2 Å². The van der Waals surface area contributed by atoms with Crippen LogP contribution in [0.1, 0.15) is 11.3 Å². The Balaban J connectivity index is 2.49. The number of ether oxygens (including phenoxy) is 1. The SMILES string of the molecule is COc1nc(N)nc2c1CCS(=O)(=O)CC2. The van der Waals surface area contributed by atoms with Crippen molar-refractivity contribution in [2.24, 2.45) is 0 Å². The first-order chi connectivity index (χ1) is 7.52. The van der Waals surface area contributed by atoms with Gasteiger partial charge in [-0.3, -0.25) is 0 Å². The maximum absolute atomic E-state index is 11.5. The van der Waals surface area contributed by atoms with Crippen molar-refractivity contribution in [3.05, 3.63) is 11.3 Å². The molecule has 0 unspecified atom stereocenters. The van der Waals surface area contributed by atoms with Gasteiger partial charge in [-0.2, -0.15) is 4.98 Å². The van der Waals surface area contributed by atoms with E-state index in [-0.39, 0.29) is 17.5 Å². The summed E-state index contributed by atoms with van der Waals surface area (Å²) in [6, 6.07) is 0. The molecule has 2 heterocycles. The lowest BCUT2D eigenvalue weighted by molar-refractivity contribution is 0.392. The zero-order chi connectivity index (χ0) is 11.8. The summed E-state index contributed by atoms with van der Waals surface area (Å²) >= 11 is 0. The molecule has 0 amide bonds. The smallest absolute Gasteiger partial charge is 0.223 e. The normalized spacial score (nSPS) is 18.6. The van der Waals surface area contributed by atoms with Crippen LogP contribution in [0.3, 0.4) is 0 Å². The second kappa shape index (κ2) is 3.89. The zero-order valence-electron chi connectivity index (χ0n) is 8.93. The van der Waals surface area contributed by atoms with Crippen LogP contribution in [0.4, 0.5) is 5.95 Å². The highest BCUT2D eigenvalue weighted by Crippen LogP contribution is 2.24. The molecule has 0 fully saturated rings. The van der Waals surface area contributed by atoms with Crippen molar-refractivity contribution >= 4 is 15.8 Å². The van der Waals surface area contributed by atoms with E-state index in [2.05, 4.69) is 9.97 Å². The second-order valence-corrected chi connectivity index (χ2v) is 5.97. The number of aryl methyl sites for hydroxylation is 1. The van der Waals surface area contributed by atoms with Crippen molar-refractivity contribution in [3.63, 3.8) is 0 Å². The van der Waals surface area contributed by atoms with Crippen molar-refractivity contribution in [2.75, 3.05) is 24.3 Å². The molecule has 6 nitrogen and oxygen atoms in total. The highest BCUT2D eigenvalue weighted by atomic mass is 32.2. The summed E-state index contributed by atoms with van der Waals surface area (Å²) in [5.41, 5.74) is 6.97. The van der Waals surface area contributed by atoms with Crippen molar-refractivity contribution in [3.8, 4) is 5.88 Å². The van der Waals surface area contributed by atoms with Gasteiger partial charge >= 0.3 is 0 Å². The Hall–Kier alpha value is -1.37. The number of hydrogen-bond acceptors (Lipinski definition) is 6. The molecule has 0 saturated carbocycles. The average molecular weight is 243 g/mol. The molecule has 7 heteroatoms. The van der Waals surface area contributed by atoms with Gasteiger partial charge in [0.05, 0.1) is 24.3 Å². The number of nitrogens with two attached hydrogens (primary N) is 1. The van der Waals surface area contributed by atoms with Gasteiger partial charge in [-0.1, -0.05) is 0 Å². The van der Waals surface area contributed by atoms with Crippen LogP contribution in [0.25, 0.3) is 0 Å². The third-order valence-electron chi connectivity index (χ3n) is 2.58. The third kappa shape index (κ3) is 2.08. The van der Waals surface area contributed by atoms with Gasteiger partial charge in [0.25, 0.3) is 0 Å². The van der Waals surface area contributed by atoms with Crippen molar-refractivity contribution in [2.45, 2.75) is 12.8 Å². The van der Waals surface area contributed by atoms with Gasteiger partial charge in [0.1, 0.15) is 0 Å². The fourth-order valence-corrected chi connectivity index (χ4v) is 2.99. The summed E-state index contributed by atoms with van der Waals surface area (Å²) in [5, 5.41) is 0. The Morgan fingerprint density at radius 3 is 2.62 bits per heavy atom. The quantitative estimate of drug-likeness (QED) is 0.719. The van der Waals surface area contributed by atoms with Gasteiger partial charge in [-0.05, 0) is 6.42 Å². The summed E-state index contributed by atoms with van der Waals surface area (Å²) < 4.78 is 28.1. The third-order valence-corrected chi connectivity index (χ3v) is 4.23. The molecule has 2 N–H and O–H groups in total. The maximum Gasteiger partial charge on any atom is 0.223 e. The molecule has 16 heavy (non-hydrogen) atoms. The largest absolute Gasteiger partial charge is 0.481 e. The predicted molar refractivity (Wildman–Crippen MR) is 59.1 cm³/mol. The van der Waals surface area contributed by atoms with Gasteiger partial charge in [0, 0.05) is 12.0 Å². The molecule has 0 bridgehead atoms. The van der Waals surface area contributed by atoms with Crippen LogP contribution in [-0.2, 0) is 22.7 Å². The number of methoxy groups -OCH3 is 1. The standard InChI is InChI=1S/C9H13N3O3S/c1-15-8-6-2-4-16(13,14)5-3-7(6)11-9(10)12-8/h2-5H2,1H3,(H2,10,11,12). The fraction of sp³-hybridized carbons (Fsp3) is 0.556. The summed E-state index contributed by atoms with van der Waals surface area (Å²) in [6.07, 6.45) is 0.766. The minimum Gasteiger partial charge on any atom is -0.481 e. The minimum atomic E-state index is -2.99. The van der Waals surface area contributed by atoms with E-state index >= 15 is 0 Å². The summed E-state index contributed by atoms with van der Waals surface area (Å²) in [6.45, 7) is 0. The second-order valence-electron chi connectivity index (χ2n) is 3.67. The molecule has 0 atom stereocenters. The first kappa shape index (κ1) is 11.1. The van der Waals surface area contributed by atoms with E-state index in [0.717, 1.165) is 5.56 Å². The molecule has 0 saturated heterocycles. The molecular weight excluding hydrogens is 230 g/mol. The van der Waals surface area contributed by atoms with Gasteiger partial charge in [-0.15, -0.1) is 0 Å². The number of nitrogens with zero attached hydrogens (tertiary/aromatic N) is 2. The predicted octanol–water partition coefficient (Wildman–Crippen LogP) is -0.419. The molecule has 0 spiro atoms. The van der Waals surface area contributed by atoms with E-state index in [9.17, 15) is 8.42 Å². The van der Waals surface area contributed by atoms with Crippen LogP contribution in [-0.4, -0.2) is 37.0 Å². The van der Waals surface area contributed by atoms with E-state index in [1.54, 1.807) is 0 Å². The van der Waals surface area contributed by atoms with Gasteiger partial charge in [0.15, 0.2) is 9.84 Å². The molecule has 1 aliphatic heterocycles. The molecule has 88 valence electrons. The van der Waals surface area contributed by atoms with E-state index in [1.165, 1.54) is 7.11 Å². The van der Waals surface area contributed by atoms with Gasteiger partial charge < -0.3 is 10.5 Å². The van der Waals surface area contributed by atoms with Crippen molar-refractivity contribution in [1.82, 2.24) is 9.97 Å². The molecule has 1 aromatic heterocycles. The summed E-state index contributed by atoms with van der Waals surface area (Å²) in [5.74, 6) is 0.734. The average Bonchev–Trinajstić information content (AvgIpc) is 2.37. The van der Waals surface area contributed by atoms with E-state index < -0.39 is 9.84 Å². The topological polar surface area (TPSA) is 95.2 Å². The minimum absolute atomic E-state index is 0.111. The highest BCUT2D eigenvalue weighted by molar-refractivity contribution is 7.91. The first-order valence-corrected chi connectivity index (χ1v) is 6.73. The summed E-state index contributed by atoms with van der Waals surface area (Å²) in [7, 11) is -1.50. The fourth-order valence-electron chi connectivity index (χ4n) is 1.76. The van der Waals surface area contributed by atoms with Crippen LogP contribution >= 0.6 is 0 Å². The Morgan fingerprint density at radius 2 is 1.94 bits per heavy atom. The molecule has 0 aliphatic carbocycles. The van der Waals surface area contributed by atoms with Gasteiger partial charge in [0.2, 0.25) is 11.8 Å². The van der Waals surface area contributed by atoms with Crippen LogP contribution in [0.15, 0.2) is 0 Å². The lowest BCUT2D eigenvalue weighted by Gasteiger charge is -2.09. The number of sulfone groups is 1. The number of nitrogen functional groups attached to an aromatic ring is 1. The molecule has 0 radical (unpaired) electrons. The van der Waals surface area contributed by atoms with Crippen LogP contribution < -0.4 is 10.5 Å². The lowest BCUT2D eigenvalue weighted by atomic mass is 10.1. The molecule has 1 aliphatic rings. The zero-order valence-corrected chi connectivity index (χ0v) is 9.75.